The zero-order valence-corrected chi connectivity index (χ0v) is 32.1. The molecule has 0 aromatic heterocycles. The number of thioether (sulfide) groups is 2. The van der Waals surface area contributed by atoms with Crippen molar-refractivity contribution in [3.63, 3.8) is 0 Å². The van der Waals surface area contributed by atoms with Gasteiger partial charge in [-0.2, -0.15) is 10.5 Å². The quantitative estimate of drug-likeness (QED) is 0.0409. The van der Waals surface area contributed by atoms with Gasteiger partial charge in [0.05, 0.1) is 0 Å². The van der Waals surface area contributed by atoms with E-state index in [1.807, 2.05) is 39.8 Å². The number of nitriles is 2. The van der Waals surface area contributed by atoms with Crippen molar-refractivity contribution in [3.8, 4) is 10.8 Å². The molecule has 2 aliphatic heterocycles. The molecule has 0 saturated carbocycles. The van der Waals surface area contributed by atoms with Gasteiger partial charge < -0.3 is 0 Å². The summed E-state index contributed by atoms with van der Waals surface area (Å²) in [5, 5.41) is 29.6. The molecule has 4 amide bonds. The molecule has 0 radical (unpaired) electrons. The molecule has 5 aromatic carbocycles. The van der Waals surface area contributed by atoms with E-state index in [-0.39, 0.29) is 35.7 Å². The van der Waals surface area contributed by atoms with Crippen LogP contribution in [0.4, 0.5) is 0 Å². The Morgan fingerprint density at radius 1 is 0.558 bits per heavy atom. The van der Waals surface area contributed by atoms with Gasteiger partial charge in [-0.1, -0.05) is 79.4 Å². The average Bonchev–Trinajstić information content (AvgIpc) is 3.16. The number of nitrogens with zero attached hydrogens (tertiary/aromatic N) is 4. The molecule has 8 nitrogen and oxygen atoms in total. The smallest absolute Gasteiger partial charge is 0.261 e. The average molecular weight is 731 g/mol. The highest BCUT2D eigenvalue weighted by Gasteiger charge is 2.41. The number of hydrogen-bond acceptors (Lipinski definition) is 8. The molecule has 0 N–H and O–H groups in total. The molecule has 0 saturated heterocycles. The van der Waals surface area contributed by atoms with Gasteiger partial charge in [-0.25, -0.2) is 0 Å². The summed E-state index contributed by atoms with van der Waals surface area (Å²) in [6, 6.07) is 10.2. The maximum atomic E-state index is 14.4. The second kappa shape index (κ2) is 15.1. The standard InChI is InChI=1S/C40H36N4O4S2.C2H6/c1-5-9-11-21(7-3)43-37(45)25-15-13-23-31-24(14-16-26(32(25)31)38(43)46)35-30(50-20-42)18-28-33-27(17-29(49-19-41)34(23)36(33)35)39(47)44(40(28)48)22(8-4)12-10-6-2;1-2/h13-18,21-22H,5-12H2,1-4H3;1-2H3. The summed E-state index contributed by atoms with van der Waals surface area (Å²) >= 11 is 1.87. The number of imide groups is 2. The van der Waals surface area contributed by atoms with Crippen molar-refractivity contribution >= 4 is 90.2 Å². The zero-order valence-electron chi connectivity index (χ0n) is 30.5. The summed E-state index contributed by atoms with van der Waals surface area (Å²) in [6.07, 6.45) is 6.34. The van der Waals surface area contributed by atoms with Gasteiger partial charge in [-0.05, 0) is 89.6 Å². The molecule has 0 aliphatic carbocycles. The predicted octanol–water partition coefficient (Wildman–Crippen LogP) is 11.0. The van der Waals surface area contributed by atoms with Crippen LogP contribution < -0.4 is 0 Å². The van der Waals surface area contributed by atoms with E-state index in [0.717, 1.165) is 55.6 Å². The van der Waals surface area contributed by atoms with Crippen LogP contribution in [-0.2, 0) is 0 Å². The van der Waals surface area contributed by atoms with Gasteiger partial charge in [-0.3, -0.25) is 29.0 Å². The maximum Gasteiger partial charge on any atom is 0.261 e. The van der Waals surface area contributed by atoms with Crippen LogP contribution in [0.3, 0.4) is 0 Å². The zero-order chi connectivity index (χ0) is 37.4. The van der Waals surface area contributed by atoms with E-state index in [4.69, 9.17) is 0 Å². The van der Waals surface area contributed by atoms with Gasteiger partial charge in [0.15, 0.2) is 0 Å². The minimum absolute atomic E-state index is 0.219. The molecule has 0 bridgehead atoms. The van der Waals surface area contributed by atoms with E-state index in [1.54, 1.807) is 24.3 Å². The Morgan fingerprint density at radius 2 is 0.942 bits per heavy atom. The number of benzene rings is 5. The molecule has 0 spiro atoms. The number of carbonyl (C=O) groups excluding carboxylic acids is 4. The highest BCUT2D eigenvalue weighted by Crippen LogP contribution is 2.52. The van der Waals surface area contributed by atoms with Gasteiger partial charge in [0, 0.05) is 71.1 Å². The fourth-order valence-electron chi connectivity index (χ4n) is 8.26. The van der Waals surface area contributed by atoms with Gasteiger partial charge in [0.25, 0.3) is 23.6 Å². The van der Waals surface area contributed by atoms with E-state index in [2.05, 4.69) is 24.6 Å². The first-order valence-electron chi connectivity index (χ1n) is 18.4. The topological polar surface area (TPSA) is 122 Å². The number of rotatable bonds is 12. The van der Waals surface area contributed by atoms with Crippen molar-refractivity contribution in [1.29, 1.82) is 10.5 Å². The molecule has 5 aromatic rings. The number of carbonyl (C=O) groups is 4. The first-order chi connectivity index (χ1) is 25.3. The molecule has 2 unspecified atom stereocenters. The van der Waals surface area contributed by atoms with E-state index in [9.17, 15) is 29.7 Å². The number of unbranched alkanes of at least 4 members (excludes halogenated alkanes) is 2. The number of amides is 4. The fourth-order valence-corrected chi connectivity index (χ4v) is 9.44. The lowest BCUT2D eigenvalue weighted by Crippen LogP contribution is -2.47. The number of thiocyanates is 2. The summed E-state index contributed by atoms with van der Waals surface area (Å²) in [5.74, 6) is -1.42. The lowest BCUT2D eigenvalue weighted by Gasteiger charge is -2.35. The molecule has 52 heavy (non-hydrogen) atoms. The van der Waals surface area contributed by atoms with E-state index in [0.29, 0.717) is 94.4 Å². The van der Waals surface area contributed by atoms with Crippen LogP contribution in [-0.4, -0.2) is 45.5 Å². The molecule has 266 valence electrons. The normalized spacial score (nSPS) is 15.0. The Hall–Kier alpha value is -4.64. The van der Waals surface area contributed by atoms with E-state index in [1.165, 1.54) is 9.80 Å². The van der Waals surface area contributed by atoms with Gasteiger partial charge in [-0.15, -0.1) is 0 Å². The van der Waals surface area contributed by atoms with Crippen LogP contribution in [0, 0.1) is 21.3 Å². The highest BCUT2D eigenvalue weighted by molar-refractivity contribution is 8.04. The fraction of sp³-hybridized carbons (Fsp3) is 0.381. The third-order valence-electron chi connectivity index (χ3n) is 10.6. The van der Waals surface area contributed by atoms with Crippen LogP contribution in [0.2, 0.25) is 0 Å². The van der Waals surface area contributed by atoms with Crippen LogP contribution >= 0.6 is 23.5 Å². The second-order valence-corrected chi connectivity index (χ2v) is 14.8. The summed E-state index contributed by atoms with van der Waals surface area (Å²) in [4.78, 5) is 61.0. The van der Waals surface area contributed by atoms with Crippen molar-refractivity contribution in [2.75, 3.05) is 0 Å². The molecule has 0 fully saturated rings. The third-order valence-corrected chi connectivity index (χ3v) is 11.9. The van der Waals surface area contributed by atoms with E-state index < -0.39 is 0 Å². The first-order valence-corrected chi connectivity index (χ1v) is 20.1. The second-order valence-electron chi connectivity index (χ2n) is 13.2. The van der Waals surface area contributed by atoms with Crippen LogP contribution in [0.1, 0.15) is 134 Å². The van der Waals surface area contributed by atoms with Gasteiger partial charge in [0.2, 0.25) is 0 Å². The lowest BCUT2D eigenvalue weighted by atomic mass is 9.81. The van der Waals surface area contributed by atoms with Gasteiger partial charge in [0.1, 0.15) is 10.8 Å². The van der Waals surface area contributed by atoms with Crippen molar-refractivity contribution < 1.29 is 19.2 Å². The van der Waals surface area contributed by atoms with Gasteiger partial charge >= 0.3 is 0 Å². The Balaban J connectivity index is 0.00000228. The molecular formula is C42H42N4O4S2. The largest absolute Gasteiger partial charge is 0.271 e. The third kappa shape index (κ3) is 5.50. The number of fused-ring (bicyclic) bond motifs is 2. The van der Waals surface area contributed by atoms with Crippen LogP contribution in [0.5, 0.6) is 0 Å². The summed E-state index contributed by atoms with van der Waals surface area (Å²) in [5.41, 5.74) is 1.58. The summed E-state index contributed by atoms with van der Waals surface area (Å²) in [6.45, 7) is 12.1. The molecule has 7 rings (SSSR count). The lowest BCUT2D eigenvalue weighted by molar-refractivity contribution is 0.0508. The Kier molecular flexibility index (Phi) is 10.8. The first kappa shape index (κ1) is 37.1. The molecule has 2 aliphatic rings. The van der Waals surface area contributed by atoms with Crippen molar-refractivity contribution in [3.05, 3.63) is 58.7 Å². The van der Waals surface area contributed by atoms with Crippen LogP contribution in [0.25, 0.3) is 43.1 Å². The van der Waals surface area contributed by atoms with Crippen molar-refractivity contribution in [2.24, 2.45) is 0 Å². The highest BCUT2D eigenvalue weighted by atomic mass is 32.2. The molecule has 2 atom stereocenters. The minimum Gasteiger partial charge on any atom is -0.271 e. The molecule has 10 heteroatoms. The Labute approximate surface area is 312 Å². The molecular weight excluding hydrogens is 689 g/mol. The monoisotopic (exact) mass is 730 g/mol. The summed E-state index contributed by atoms with van der Waals surface area (Å²) in [7, 11) is 0. The maximum absolute atomic E-state index is 14.4. The predicted molar refractivity (Wildman–Crippen MR) is 210 cm³/mol. The summed E-state index contributed by atoms with van der Waals surface area (Å²) < 4.78 is 0. The van der Waals surface area contributed by atoms with Crippen LogP contribution in [0.15, 0.2) is 46.2 Å². The van der Waals surface area contributed by atoms with E-state index >= 15 is 0 Å². The Morgan fingerprint density at radius 3 is 1.31 bits per heavy atom. The minimum atomic E-state index is -0.385. The van der Waals surface area contributed by atoms with Crippen molar-refractivity contribution in [2.45, 2.75) is 115 Å². The SMILES string of the molecule is CC.CCCCC(CC)N1C(=O)c2ccc3c4c(SC#N)cc5c6c(cc(SC#N)c(c7ccc(c2c37)C1=O)c64)C(=O)N(C(CC)CCCC)C5=O. The Bertz CT molecular complexity index is 2230. The number of hydrogen-bond donors (Lipinski definition) is 0. The molecule has 2 heterocycles. The van der Waals surface area contributed by atoms with Crippen molar-refractivity contribution in [1.82, 2.24) is 9.80 Å².